The summed E-state index contributed by atoms with van der Waals surface area (Å²) in [4.78, 5) is 2.49. The Labute approximate surface area is 128 Å². The first-order chi connectivity index (χ1) is 10.1. The second-order valence-corrected chi connectivity index (χ2v) is 6.14. The van der Waals surface area contributed by atoms with Gasteiger partial charge in [-0.2, -0.15) is 0 Å². The van der Waals surface area contributed by atoms with E-state index >= 15 is 0 Å². The highest BCUT2D eigenvalue weighted by Crippen LogP contribution is 2.19. The predicted octanol–water partition coefficient (Wildman–Crippen LogP) is 2.54. The van der Waals surface area contributed by atoms with E-state index in [1.165, 1.54) is 0 Å². The molecule has 1 aliphatic heterocycles. The molecule has 1 saturated heterocycles. The van der Waals surface area contributed by atoms with Crippen molar-refractivity contribution in [3.05, 3.63) is 24.3 Å². The molecule has 1 N–H and O–H groups in total. The molecule has 0 spiro atoms. The quantitative estimate of drug-likeness (QED) is 0.837. The minimum Gasteiger partial charge on any atom is -0.494 e. The van der Waals surface area contributed by atoms with Crippen molar-refractivity contribution in [1.29, 1.82) is 0 Å². The number of hydrogen-bond acceptors (Lipinski definition) is 4. The van der Waals surface area contributed by atoms with E-state index in [2.05, 4.69) is 31.0 Å². The number of nitrogens with one attached hydrogen (secondary N) is 1. The maximum atomic E-state index is 5.84. The Morgan fingerprint density at radius 2 is 1.71 bits per heavy atom. The summed E-state index contributed by atoms with van der Waals surface area (Å²) >= 11 is 0. The Kier molecular flexibility index (Phi) is 5.88. The molecular formula is C17H28N2O2. The molecule has 4 heteroatoms. The van der Waals surface area contributed by atoms with Gasteiger partial charge in [-0.1, -0.05) is 6.92 Å². The van der Waals surface area contributed by atoms with Crippen LogP contribution < -0.4 is 14.8 Å². The molecule has 0 aliphatic carbocycles. The van der Waals surface area contributed by atoms with E-state index in [4.69, 9.17) is 9.47 Å². The van der Waals surface area contributed by atoms with Crippen LogP contribution in [-0.2, 0) is 0 Å². The molecule has 21 heavy (non-hydrogen) atoms. The molecular weight excluding hydrogens is 264 g/mol. The third-order valence-corrected chi connectivity index (χ3v) is 3.90. The first-order valence-corrected chi connectivity index (χ1v) is 7.93. The third-order valence-electron chi connectivity index (χ3n) is 3.90. The Balaban J connectivity index is 1.75. The maximum absolute atomic E-state index is 5.84. The van der Waals surface area contributed by atoms with E-state index in [-0.39, 0.29) is 5.54 Å². The molecule has 0 unspecified atom stereocenters. The van der Waals surface area contributed by atoms with Gasteiger partial charge in [-0.05, 0) is 44.5 Å². The van der Waals surface area contributed by atoms with E-state index in [1.807, 2.05) is 24.3 Å². The summed E-state index contributed by atoms with van der Waals surface area (Å²) in [6.45, 7) is 12.3. The van der Waals surface area contributed by atoms with E-state index < -0.39 is 0 Å². The summed E-state index contributed by atoms with van der Waals surface area (Å²) in [5.41, 5.74) is 0.208. The fourth-order valence-corrected chi connectivity index (χ4v) is 2.56. The van der Waals surface area contributed by atoms with Crippen molar-refractivity contribution in [2.45, 2.75) is 32.7 Å². The lowest BCUT2D eigenvalue weighted by Gasteiger charge is -2.42. The minimum absolute atomic E-state index is 0.208. The molecule has 0 radical (unpaired) electrons. The average Bonchev–Trinajstić information content (AvgIpc) is 2.48. The van der Waals surface area contributed by atoms with Crippen LogP contribution in [0.4, 0.5) is 0 Å². The second-order valence-electron chi connectivity index (χ2n) is 6.14. The van der Waals surface area contributed by atoms with Gasteiger partial charge in [0.05, 0.1) is 6.61 Å². The SMILES string of the molecule is CCCOc1ccc(OCCN2CCNCC2(C)C)cc1. The number of piperazine rings is 1. The second kappa shape index (κ2) is 7.66. The molecule has 1 heterocycles. The Hall–Kier alpha value is -1.26. The fraction of sp³-hybridized carbons (Fsp3) is 0.647. The number of nitrogens with zero attached hydrogens (tertiary/aromatic N) is 1. The van der Waals surface area contributed by atoms with Crippen molar-refractivity contribution in [1.82, 2.24) is 10.2 Å². The van der Waals surface area contributed by atoms with Gasteiger partial charge in [0.15, 0.2) is 0 Å². The Morgan fingerprint density at radius 3 is 2.29 bits per heavy atom. The van der Waals surface area contributed by atoms with E-state index in [9.17, 15) is 0 Å². The van der Waals surface area contributed by atoms with Crippen molar-refractivity contribution in [3.8, 4) is 11.5 Å². The molecule has 1 aromatic carbocycles. The molecule has 0 aromatic heterocycles. The number of rotatable bonds is 7. The van der Waals surface area contributed by atoms with Gasteiger partial charge in [0, 0.05) is 31.7 Å². The summed E-state index contributed by atoms with van der Waals surface area (Å²) in [5, 5.41) is 3.44. The van der Waals surface area contributed by atoms with Gasteiger partial charge in [0.2, 0.25) is 0 Å². The van der Waals surface area contributed by atoms with Crippen molar-refractivity contribution in [3.63, 3.8) is 0 Å². The molecule has 0 saturated carbocycles. The highest BCUT2D eigenvalue weighted by molar-refractivity contribution is 5.31. The standard InChI is InChI=1S/C17H28N2O2/c1-4-12-20-15-5-7-16(8-6-15)21-13-11-19-10-9-18-14-17(19,2)3/h5-8,18H,4,9-14H2,1-3H3. The smallest absolute Gasteiger partial charge is 0.119 e. The largest absolute Gasteiger partial charge is 0.494 e. The number of benzene rings is 1. The van der Waals surface area contributed by atoms with Gasteiger partial charge in [0.1, 0.15) is 18.1 Å². The van der Waals surface area contributed by atoms with Crippen LogP contribution in [0.25, 0.3) is 0 Å². The van der Waals surface area contributed by atoms with Gasteiger partial charge < -0.3 is 14.8 Å². The van der Waals surface area contributed by atoms with Gasteiger partial charge in [-0.25, -0.2) is 0 Å². The lowest BCUT2D eigenvalue weighted by Crippen LogP contribution is -2.58. The minimum atomic E-state index is 0.208. The predicted molar refractivity (Wildman–Crippen MR) is 86.2 cm³/mol. The Bertz CT molecular complexity index is 417. The van der Waals surface area contributed by atoms with Crippen LogP contribution in [-0.4, -0.2) is 49.8 Å². The van der Waals surface area contributed by atoms with Gasteiger partial charge >= 0.3 is 0 Å². The van der Waals surface area contributed by atoms with Crippen molar-refractivity contribution >= 4 is 0 Å². The zero-order valence-electron chi connectivity index (χ0n) is 13.5. The van der Waals surface area contributed by atoms with Crippen molar-refractivity contribution < 1.29 is 9.47 Å². The third kappa shape index (κ3) is 4.90. The molecule has 1 aromatic rings. The van der Waals surface area contributed by atoms with Crippen LogP contribution in [0.1, 0.15) is 27.2 Å². The van der Waals surface area contributed by atoms with Gasteiger partial charge in [0.25, 0.3) is 0 Å². The van der Waals surface area contributed by atoms with Crippen LogP contribution in [0.3, 0.4) is 0 Å². The monoisotopic (exact) mass is 292 g/mol. The Morgan fingerprint density at radius 1 is 1.10 bits per heavy atom. The lowest BCUT2D eigenvalue weighted by molar-refractivity contribution is 0.0743. The van der Waals surface area contributed by atoms with E-state index in [0.29, 0.717) is 0 Å². The molecule has 2 rings (SSSR count). The lowest BCUT2D eigenvalue weighted by atomic mass is 10.0. The summed E-state index contributed by atoms with van der Waals surface area (Å²) in [7, 11) is 0. The van der Waals surface area contributed by atoms with Crippen molar-refractivity contribution in [2.24, 2.45) is 0 Å². The van der Waals surface area contributed by atoms with Crippen LogP contribution in [0.5, 0.6) is 11.5 Å². The normalized spacial score (nSPS) is 18.4. The summed E-state index contributed by atoms with van der Waals surface area (Å²) in [5.74, 6) is 1.82. The maximum Gasteiger partial charge on any atom is 0.119 e. The van der Waals surface area contributed by atoms with Gasteiger partial charge in [-0.3, -0.25) is 4.90 Å². The molecule has 4 nitrogen and oxygen atoms in total. The fourth-order valence-electron chi connectivity index (χ4n) is 2.56. The first kappa shape index (κ1) is 16.1. The molecule has 0 amide bonds. The molecule has 0 atom stereocenters. The highest BCUT2D eigenvalue weighted by atomic mass is 16.5. The summed E-state index contributed by atoms with van der Waals surface area (Å²) in [6, 6.07) is 7.90. The van der Waals surface area contributed by atoms with Crippen LogP contribution in [0.15, 0.2) is 24.3 Å². The topological polar surface area (TPSA) is 33.7 Å². The molecule has 0 bridgehead atoms. The first-order valence-electron chi connectivity index (χ1n) is 7.93. The molecule has 118 valence electrons. The van der Waals surface area contributed by atoms with Gasteiger partial charge in [-0.15, -0.1) is 0 Å². The van der Waals surface area contributed by atoms with Crippen LogP contribution in [0, 0.1) is 0 Å². The molecule has 1 aliphatic rings. The highest BCUT2D eigenvalue weighted by Gasteiger charge is 2.28. The molecule has 1 fully saturated rings. The van der Waals surface area contributed by atoms with Crippen LogP contribution >= 0.6 is 0 Å². The van der Waals surface area contributed by atoms with E-state index in [0.717, 1.165) is 57.3 Å². The average molecular weight is 292 g/mol. The number of hydrogen-bond donors (Lipinski definition) is 1. The zero-order chi connectivity index (χ0) is 15.1. The number of ether oxygens (including phenoxy) is 2. The van der Waals surface area contributed by atoms with E-state index in [1.54, 1.807) is 0 Å². The zero-order valence-corrected chi connectivity index (χ0v) is 13.5. The van der Waals surface area contributed by atoms with Crippen LogP contribution in [0.2, 0.25) is 0 Å². The van der Waals surface area contributed by atoms with Crippen molar-refractivity contribution in [2.75, 3.05) is 39.4 Å². The summed E-state index contributed by atoms with van der Waals surface area (Å²) < 4.78 is 11.4. The summed E-state index contributed by atoms with van der Waals surface area (Å²) in [6.07, 6.45) is 1.03.